The van der Waals surface area contributed by atoms with Gasteiger partial charge in [0.1, 0.15) is 12.4 Å². The Morgan fingerprint density at radius 1 is 1.24 bits per heavy atom. The van der Waals surface area contributed by atoms with Gasteiger partial charge in [0.05, 0.1) is 0 Å². The van der Waals surface area contributed by atoms with Crippen molar-refractivity contribution in [3.8, 4) is 5.75 Å². The average Bonchev–Trinajstić information content (AvgIpc) is 2.51. The van der Waals surface area contributed by atoms with Gasteiger partial charge in [-0.25, -0.2) is 0 Å². The van der Waals surface area contributed by atoms with Crippen molar-refractivity contribution in [1.82, 2.24) is 10.2 Å². The topological polar surface area (TPSA) is 41.6 Å². The third-order valence-corrected chi connectivity index (χ3v) is 3.49. The second-order valence-corrected chi connectivity index (χ2v) is 5.11. The van der Waals surface area contributed by atoms with Crippen molar-refractivity contribution in [3.63, 3.8) is 0 Å². The van der Waals surface area contributed by atoms with E-state index in [-0.39, 0.29) is 5.91 Å². The lowest BCUT2D eigenvalue weighted by Gasteiger charge is -2.18. The highest BCUT2D eigenvalue weighted by atomic mass is 35.5. The molecule has 0 saturated heterocycles. The second-order valence-electron chi connectivity index (χ2n) is 4.74. The summed E-state index contributed by atoms with van der Waals surface area (Å²) in [6.45, 7) is 8.53. The van der Waals surface area contributed by atoms with E-state index >= 15 is 0 Å². The average molecular weight is 313 g/mol. The van der Waals surface area contributed by atoms with Gasteiger partial charge in [-0.15, -0.1) is 11.6 Å². The SMILES string of the molecule is CCN(CC)CCOc1ccc(CNC(=O)CCCl)cc1. The number of hydrogen-bond acceptors (Lipinski definition) is 3. The van der Waals surface area contributed by atoms with Crippen LogP contribution in [-0.4, -0.2) is 42.9 Å². The molecule has 5 heteroatoms. The van der Waals surface area contributed by atoms with Crippen LogP contribution >= 0.6 is 11.6 Å². The van der Waals surface area contributed by atoms with E-state index in [2.05, 4.69) is 24.1 Å². The number of rotatable bonds is 10. The predicted octanol–water partition coefficient (Wildman–Crippen LogP) is 2.65. The molecular weight excluding hydrogens is 288 g/mol. The monoisotopic (exact) mass is 312 g/mol. The van der Waals surface area contributed by atoms with Crippen molar-refractivity contribution in [2.24, 2.45) is 0 Å². The Kier molecular flexibility index (Phi) is 8.87. The van der Waals surface area contributed by atoms with Crippen LogP contribution in [0.5, 0.6) is 5.75 Å². The largest absolute Gasteiger partial charge is 0.492 e. The van der Waals surface area contributed by atoms with E-state index in [0.29, 0.717) is 25.5 Å². The number of ether oxygens (including phenoxy) is 1. The lowest BCUT2D eigenvalue weighted by molar-refractivity contribution is -0.120. The fourth-order valence-corrected chi connectivity index (χ4v) is 2.08. The molecule has 0 aliphatic carbocycles. The number of halogens is 1. The maximum absolute atomic E-state index is 11.3. The first-order valence-electron chi connectivity index (χ1n) is 7.46. The Hall–Kier alpha value is -1.26. The van der Waals surface area contributed by atoms with Crippen LogP contribution in [0, 0.1) is 0 Å². The number of alkyl halides is 1. The number of nitrogens with one attached hydrogen (secondary N) is 1. The molecule has 4 nitrogen and oxygen atoms in total. The molecule has 0 atom stereocenters. The molecule has 0 radical (unpaired) electrons. The van der Waals surface area contributed by atoms with E-state index in [9.17, 15) is 4.79 Å². The van der Waals surface area contributed by atoms with Crippen molar-refractivity contribution in [3.05, 3.63) is 29.8 Å². The van der Waals surface area contributed by atoms with E-state index in [1.165, 1.54) is 0 Å². The highest BCUT2D eigenvalue weighted by Gasteiger charge is 2.02. The molecule has 0 unspecified atom stereocenters. The van der Waals surface area contributed by atoms with Gasteiger partial charge in [-0.2, -0.15) is 0 Å². The van der Waals surface area contributed by atoms with Gasteiger partial charge in [0.25, 0.3) is 0 Å². The lowest BCUT2D eigenvalue weighted by atomic mass is 10.2. The predicted molar refractivity (Wildman–Crippen MR) is 86.9 cm³/mol. The molecule has 0 fully saturated rings. The molecule has 0 spiro atoms. The number of benzene rings is 1. The van der Waals surface area contributed by atoms with Crippen LogP contribution in [0.2, 0.25) is 0 Å². The van der Waals surface area contributed by atoms with Gasteiger partial charge >= 0.3 is 0 Å². The summed E-state index contributed by atoms with van der Waals surface area (Å²) in [6.07, 6.45) is 0.355. The van der Waals surface area contributed by atoms with Crippen molar-refractivity contribution in [2.45, 2.75) is 26.8 Å². The molecule has 21 heavy (non-hydrogen) atoms. The zero-order valence-electron chi connectivity index (χ0n) is 12.9. The molecule has 1 N–H and O–H groups in total. The van der Waals surface area contributed by atoms with Crippen LogP contribution in [0.25, 0.3) is 0 Å². The summed E-state index contributed by atoms with van der Waals surface area (Å²) in [5.74, 6) is 1.19. The van der Waals surface area contributed by atoms with E-state index in [0.717, 1.165) is 30.9 Å². The fourth-order valence-electron chi connectivity index (χ4n) is 1.91. The van der Waals surface area contributed by atoms with Gasteiger partial charge in [0, 0.05) is 25.4 Å². The minimum Gasteiger partial charge on any atom is -0.492 e. The Morgan fingerprint density at radius 2 is 1.90 bits per heavy atom. The highest BCUT2D eigenvalue weighted by Crippen LogP contribution is 2.12. The standard InChI is InChI=1S/C16H25ClN2O2/c1-3-19(4-2)11-12-21-15-7-5-14(6-8-15)13-18-16(20)9-10-17/h5-8H,3-4,9-13H2,1-2H3,(H,18,20). The number of carbonyl (C=O) groups is 1. The Balaban J connectivity index is 2.31. The Morgan fingerprint density at radius 3 is 2.48 bits per heavy atom. The molecular formula is C16H25ClN2O2. The van der Waals surface area contributed by atoms with Crippen LogP contribution in [0.3, 0.4) is 0 Å². The van der Waals surface area contributed by atoms with Crippen molar-refractivity contribution in [2.75, 3.05) is 32.1 Å². The third-order valence-electron chi connectivity index (χ3n) is 3.31. The summed E-state index contributed by atoms with van der Waals surface area (Å²) < 4.78 is 5.71. The summed E-state index contributed by atoms with van der Waals surface area (Å²) in [7, 11) is 0. The second kappa shape index (κ2) is 10.5. The van der Waals surface area contributed by atoms with Gasteiger partial charge in [0.15, 0.2) is 0 Å². The quantitative estimate of drug-likeness (QED) is 0.675. The summed E-state index contributed by atoms with van der Waals surface area (Å²) in [5, 5.41) is 2.82. The first-order valence-corrected chi connectivity index (χ1v) is 7.99. The van der Waals surface area contributed by atoms with E-state index in [1.54, 1.807) is 0 Å². The molecule has 1 amide bonds. The molecule has 1 rings (SSSR count). The lowest BCUT2D eigenvalue weighted by Crippen LogP contribution is -2.27. The maximum atomic E-state index is 11.3. The number of carbonyl (C=O) groups excluding carboxylic acids is 1. The van der Waals surface area contributed by atoms with Crippen LogP contribution < -0.4 is 10.1 Å². The maximum Gasteiger partial charge on any atom is 0.221 e. The van der Waals surface area contributed by atoms with Crippen molar-refractivity contribution >= 4 is 17.5 Å². The van der Waals surface area contributed by atoms with E-state index < -0.39 is 0 Å². The summed E-state index contributed by atoms with van der Waals surface area (Å²) in [5.41, 5.74) is 1.05. The van der Waals surface area contributed by atoms with Crippen molar-refractivity contribution in [1.29, 1.82) is 0 Å². The first-order chi connectivity index (χ1) is 10.2. The van der Waals surface area contributed by atoms with Crippen LogP contribution in [0.1, 0.15) is 25.8 Å². The van der Waals surface area contributed by atoms with E-state index in [4.69, 9.17) is 16.3 Å². The van der Waals surface area contributed by atoms with Gasteiger partial charge < -0.3 is 15.0 Å². The Labute approximate surface area is 132 Å². The molecule has 0 heterocycles. The van der Waals surface area contributed by atoms with Gasteiger partial charge in [-0.1, -0.05) is 26.0 Å². The molecule has 0 bridgehead atoms. The summed E-state index contributed by atoms with van der Waals surface area (Å²) >= 11 is 5.51. The molecule has 0 aliphatic heterocycles. The van der Waals surface area contributed by atoms with Gasteiger partial charge in [0.2, 0.25) is 5.91 Å². The minimum absolute atomic E-state index is 0.0236. The van der Waals surface area contributed by atoms with Crippen molar-refractivity contribution < 1.29 is 9.53 Å². The van der Waals surface area contributed by atoms with Crippen LogP contribution in [-0.2, 0) is 11.3 Å². The highest BCUT2D eigenvalue weighted by molar-refractivity contribution is 6.18. The fraction of sp³-hybridized carbons (Fsp3) is 0.562. The van der Waals surface area contributed by atoms with Crippen LogP contribution in [0.15, 0.2) is 24.3 Å². The first kappa shape index (κ1) is 17.8. The third kappa shape index (κ3) is 7.34. The molecule has 0 aliphatic rings. The zero-order chi connectivity index (χ0) is 15.5. The Bertz CT molecular complexity index is 405. The number of hydrogen-bond donors (Lipinski definition) is 1. The summed E-state index contributed by atoms with van der Waals surface area (Å²) in [4.78, 5) is 13.6. The number of likely N-dealkylation sites (N-methyl/N-ethyl adjacent to an activating group) is 1. The zero-order valence-corrected chi connectivity index (χ0v) is 13.7. The smallest absolute Gasteiger partial charge is 0.221 e. The number of nitrogens with zero attached hydrogens (tertiary/aromatic N) is 1. The summed E-state index contributed by atoms with van der Waals surface area (Å²) in [6, 6.07) is 7.80. The minimum atomic E-state index is -0.0236. The van der Waals surface area contributed by atoms with Gasteiger partial charge in [-0.3, -0.25) is 4.79 Å². The molecule has 0 saturated carbocycles. The number of amides is 1. The van der Waals surface area contributed by atoms with Gasteiger partial charge in [-0.05, 0) is 30.8 Å². The normalized spacial score (nSPS) is 10.7. The molecule has 0 aromatic heterocycles. The van der Waals surface area contributed by atoms with Crippen LogP contribution in [0.4, 0.5) is 0 Å². The molecule has 118 valence electrons. The molecule has 1 aromatic rings. The van der Waals surface area contributed by atoms with E-state index in [1.807, 2.05) is 24.3 Å². The molecule has 1 aromatic carbocycles.